The molecule has 0 spiro atoms. The van der Waals surface area contributed by atoms with Gasteiger partial charge in [-0.05, 0) is 13.8 Å². The summed E-state index contributed by atoms with van der Waals surface area (Å²) in [5, 5.41) is 8.92. The van der Waals surface area contributed by atoms with Crippen molar-refractivity contribution < 1.29 is 14.3 Å². The number of cyclic esters (lactones) is 1. The van der Waals surface area contributed by atoms with Crippen LogP contribution in [0.1, 0.15) is 12.6 Å². The Labute approximate surface area is 134 Å². The third-order valence-corrected chi connectivity index (χ3v) is 3.12. The van der Waals surface area contributed by atoms with Gasteiger partial charge in [0.25, 0.3) is 0 Å². The number of nitrogens with one attached hydrogen (secondary N) is 3. The molecule has 2 rings (SSSR count). The smallest absolute Gasteiger partial charge is 0.410 e. The predicted octanol–water partition coefficient (Wildman–Crippen LogP) is 0.197. The average molecular weight is 322 g/mol. The van der Waals surface area contributed by atoms with Crippen LogP contribution in [0, 0.1) is 6.92 Å². The second kappa shape index (κ2) is 8.16. The Morgan fingerprint density at radius 1 is 1.35 bits per heavy atom. The van der Waals surface area contributed by atoms with Gasteiger partial charge in [-0.25, -0.2) is 9.78 Å². The van der Waals surface area contributed by atoms with Gasteiger partial charge in [-0.2, -0.15) is 4.98 Å². The van der Waals surface area contributed by atoms with Gasteiger partial charge in [0, 0.05) is 31.4 Å². The van der Waals surface area contributed by atoms with Crippen molar-refractivity contribution in [3.8, 4) is 0 Å². The molecule has 0 saturated carbocycles. The molecule has 0 radical (unpaired) electrons. The molecule has 1 aromatic heterocycles. The molecule has 23 heavy (non-hydrogen) atoms. The minimum absolute atomic E-state index is 0.0182. The highest BCUT2D eigenvalue weighted by molar-refractivity contribution is 5.82. The van der Waals surface area contributed by atoms with Crippen LogP contribution < -0.4 is 16.0 Å². The zero-order chi connectivity index (χ0) is 16.7. The highest BCUT2D eigenvalue weighted by Gasteiger charge is 2.23. The van der Waals surface area contributed by atoms with E-state index in [0.717, 1.165) is 18.1 Å². The van der Waals surface area contributed by atoms with Gasteiger partial charge in [0.05, 0.1) is 6.54 Å². The first-order valence-electron chi connectivity index (χ1n) is 7.60. The van der Waals surface area contributed by atoms with E-state index in [9.17, 15) is 9.59 Å². The van der Waals surface area contributed by atoms with Gasteiger partial charge in [0.2, 0.25) is 11.9 Å². The first kappa shape index (κ1) is 16.8. The Morgan fingerprint density at radius 3 is 2.87 bits per heavy atom. The summed E-state index contributed by atoms with van der Waals surface area (Å²) in [7, 11) is 0. The largest absolute Gasteiger partial charge is 0.448 e. The number of ether oxygens (including phenoxy) is 1. The molecular formula is C14H22N6O3. The Bertz CT molecular complexity index is 565. The van der Waals surface area contributed by atoms with Crippen molar-refractivity contribution >= 4 is 23.8 Å². The zero-order valence-electron chi connectivity index (χ0n) is 13.4. The van der Waals surface area contributed by atoms with Crippen molar-refractivity contribution in [2.24, 2.45) is 0 Å². The average Bonchev–Trinajstić information content (AvgIpc) is 2.89. The SMILES string of the molecule is CCNc1cc(C)nc(NCCNC(=O)CN2CCOC2=O)n1. The third-order valence-electron chi connectivity index (χ3n) is 3.12. The lowest BCUT2D eigenvalue weighted by Gasteiger charge is -2.13. The molecule has 1 aromatic rings. The Morgan fingerprint density at radius 2 is 2.17 bits per heavy atom. The van der Waals surface area contributed by atoms with Crippen LogP contribution in [0.2, 0.25) is 0 Å². The molecule has 0 aromatic carbocycles. The first-order chi connectivity index (χ1) is 11.1. The van der Waals surface area contributed by atoms with Crippen molar-refractivity contribution in [1.29, 1.82) is 0 Å². The molecule has 2 amide bonds. The van der Waals surface area contributed by atoms with Crippen molar-refractivity contribution in [1.82, 2.24) is 20.2 Å². The van der Waals surface area contributed by atoms with E-state index in [4.69, 9.17) is 4.74 Å². The molecule has 0 unspecified atom stereocenters. The number of carbonyl (C=O) groups excluding carboxylic acids is 2. The minimum atomic E-state index is -0.442. The molecule has 9 nitrogen and oxygen atoms in total. The summed E-state index contributed by atoms with van der Waals surface area (Å²) < 4.78 is 4.76. The topological polar surface area (TPSA) is 108 Å². The lowest BCUT2D eigenvalue weighted by molar-refractivity contribution is -0.121. The van der Waals surface area contributed by atoms with Crippen molar-refractivity contribution in [3.05, 3.63) is 11.8 Å². The number of amides is 2. The summed E-state index contributed by atoms with van der Waals surface area (Å²) in [5.41, 5.74) is 0.857. The lowest BCUT2D eigenvalue weighted by Crippen LogP contribution is -2.39. The van der Waals surface area contributed by atoms with Crippen LogP contribution in [0.25, 0.3) is 0 Å². The fourth-order valence-corrected chi connectivity index (χ4v) is 2.09. The molecule has 1 fully saturated rings. The second-order valence-corrected chi connectivity index (χ2v) is 5.06. The van der Waals surface area contributed by atoms with Crippen molar-refractivity contribution in [2.45, 2.75) is 13.8 Å². The molecule has 2 heterocycles. The maximum absolute atomic E-state index is 11.7. The lowest BCUT2D eigenvalue weighted by atomic mass is 10.4. The molecule has 0 atom stereocenters. The maximum Gasteiger partial charge on any atom is 0.410 e. The van der Waals surface area contributed by atoms with Gasteiger partial charge in [-0.3, -0.25) is 9.69 Å². The van der Waals surface area contributed by atoms with Crippen LogP contribution >= 0.6 is 0 Å². The van der Waals surface area contributed by atoms with Crippen LogP contribution in [-0.4, -0.2) is 66.2 Å². The molecule has 1 aliphatic rings. The summed E-state index contributed by atoms with van der Waals surface area (Å²) >= 11 is 0. The van der Waals surface area contributed by atoms with E-state index in [1.807, 2.05) is 19.9 Å². The number of hydrogen-bond acceptors (Lipinski definition) is 7. The number of rotatable bonds is 8. The fourth-order valence-electron chi connectivity index (χ4n) is 2.09. The third kappa shape index (κ3) is 5.28. The normalized spacial score (nSPS) is 13.7. The molecule has 1 aliphatic heterocycles. The van der Waals surface area contributed by atoms with Gasteiger partial charge in [-0.15, -0.1) is 0 Å². The molecule has 9 heteroatoms. The van der Waals surface area contributed by atoms with E-state index >= 15 is 0 Å². The molecule has 3 N–H and O–H groups in total. The Kier molecular flexibility index (Phi) is 5.95. The van der Waals surface area contributed by atoms with Crippen LogP contribution in [0.4, 0.5) is 16.6 Å². The first-order valence-corrected chi connectivity index (χ1v) is 7.60. The van der Waals surface area contributed by atoms with Crippen LogP contribution in [0.15, 0.2) is 6.07 Å². The monoisotopic (exact) mass is 322 g/mol. The van der Waals surface area contributed by atoms with E-state index < -0.39 is 6.09 Å². The van der Waals surface area contributed by atoms with Crippen LogP contribution in [0.5, 0.6) is 0 Å². The highest BCUT2D eigenvalue weighted by Crippen LogP contribution is 2.08. The van der Waals surface area contributed by atoms with Crippen LogP contribution in [-0.2, 0) is 9.53 Å². The molecule has 0 bridgehead atoms. The van der Waals surface area contributed by atoms with E-state index in [-0.39, 0.29) is 12.5 Å². The van der Waals surface area contributed by atoms with Gasteiger partial charge >= 0.3 is 6.09 Å². The predicted molar refractivity (Wildman–Crippen MR) is 85.4 cm³/mol. The molecular weight excluding hydrogens is 300 g/mol. The quantitative estimate of drug-likeness (QED) is 0.587. The number of aromatic nitrogens is 2. The molecule has 126 valence electrons. The standard InChI is InChI=1S/C14H22N6O3/c1-3-15-11-8-10(2)18-13(19-11)17-5-4-16-12(21)9-20-6-7-23-14(20)22/h8H,3-7,9H2,1-2H3,(H,16,21)(H2,15,17,18,19). The number of hydrogen-bond donors (Lipinski definition) is 3. The summed E-state index contributed by atoms with van der Waals surface area (Å²) in [4.78, 5) is 32.9. The Balaban J connectivity index is 1.70. The minimum Gasteiger partial charge on any atom is -0.448 e. The summed E-state index contributed by atoms with van der Waals surface area (Å²) in [6, 6.07) is 1.87. The highest BCUT2D eigenvalue weighted by atomic mass is 16.6. The van der Waals surface area contributed by atoms with E-state index in [0.29, 0.717) is 32.2 Å². The van der Waals surface area contributed by atoms with Crippen molar-refractivity contribution in [2.75, 3.05) is 50.0 Å². The van der Waals surface area contributed by atoms with Crippen LogP contribution in [0.3, 0.4) is 0 Å². The van der Waals surface area contributed by atoms with Gasteiger partial charge in [0.1, 0.15) is 19.0 Å². The van der Waals surface area contributed by atoms with Gasteiger partial charge in [-0.1, -0.05) is 0 Å². The summed E-state index contributed by atoms with van der Waals surface area (Å²) in [6.07, 6.45) is -0.442. The van der Waals surface area contributed by atoms with E-state index in [1.165, 1.54) is 4.90 Å². The Hall–Kier alpha value is -2.58. The van der Waals surface area contributed by atoms with E-state index in [1.54, 1.807) is 0 Å². The number of aryl methyl sites for hydroxylation is 1. The molecule has 1 saturated heterocycles. The number of nitrogens with zero attached hydrogens (tertiary/aromatic N) is 3. The van der Waals surface area contributed by atoms with E-state index in [2.05, 4.69) is 25.9 Å². The number of anilines is 2. The summed E-state index contributed by atoms with van der Waals surface area (Å²) in [6.45, 7) is 6.39. The molecule has 0 aliphatic carbocycles. The fraction of sp³-hybridized carbons (Fsp3) is 0.571. The van der Waals surface area contributed by atoms with Gasteiger partial charge in [0.15, 0.2) is 0 Å². The van der Waals surface area contributed by atoms with Crippen molar-refractivity contribution in [3.63, 3.8) is 0 Å². The maximum atomic E-state index is 11.7. The number of carbonyl (C=O) groups is 2. The van der Waals surface area contributed by atoms with Gasteiger partial charge < -0.3 is 20.7 Å². The zero-order valence-corrected chi connectivity index (χ0v) is 13.4. The second-order valence-electron chi connectivity index (χ2n) is 5.06. The summed E-state index contributed by atoms with van der Waals surface area (Å²) in [5.74, 6) is 1.06.